The van der Waals surface area contributed by atoms with Gasteiger partial charge in [0.2, 0.25) is 5.60 Å². The predicted octanol–water partition coefficient (Wildman–Crippen LogP) is 0.471. The quantitative estimate of drug-likeness (QED) is 0.359. The van der Waals surface area contributed by atoms with Crippen molar-refractivity contribution < 1.29 is 28.9 Å². The second-order valence-electron chi connectivity index (χ2n) is 9.13. The number of aliphatic hydroxyl groups excluding tert-OH is 1. The van der Waals surface area contributed by atoms with Crippen molar-refractivity contribution in [3.8, 4) is 6.07 Å². The summed E-state index contributed by atoms with van der Waals surface area (Å²) < 4.78 is 18.3. The minimum atomic E-state index is -2.03. The first-order valence-electron chi connectivity index (χ1n) is 11.7. The molecule has 1 aromatic carbocycles. The van der Waals surface area contributed by atoms with E-state index in [0.29, 0.717) is 11.1 Å². The number of hydrogen-bond donors (Lipinski definition) is 3. The van der Waals surface area contributed by atoms with E-state index < -0.39 is 48.5 Å². The highest BCUT2D eigenvalue weighted by atomic mass is 16.6. The van der Waals surface area contributed by atoms with Crippen LogP contribution in [-0.4, -0.2) is 62.6 Å². The number of nitrogens with two attached hydrogens (primary N) is 2. The lowest BCUT2D eigenvalue weighted by atomic mass is 9.92. The standard InChI is InChI=1S/C25H28N6O6/c1-14(2)20(27)24(34)35-11-17-21(36-19(32)10-15-6-4-3-5-7-15)22(33)25(12-26,37-17)18-9-8-16-23(28)29-13-30-31(16)18/h3-9,13-14,17,20-22,33H,10-11,27H2,1-2H3,(H2,28,29,30)/t17-,20+,21-,22-,25+/m1/s1. The molecule has 194 valence electrons. The molecule has 1 saturated heterocycles. The van der Waals surface area contributed by atoms with Gasteiger partial charge in [0.15, 0.2) is 11.9 Å². The first-order valence-corrected chi connectivity index (χ1v) is 11.7. The van der Waals surface area contributed by atoms with Crippen molar-refractivity contribution in [1.29, 1.82) is 5.26 Å². The van der Waals surface area contributed by atoms with Gasteiger partial charge in [0.1, 0.15) is 42.8 Å². The molecule has 5 atom stereocenters. The van der Waals surface area contributed by atoms with E-state index in [1.54, 1.807) is 44.2 Å². The Labute approximate surface area is 212 Å². The van der Waals surface area contributed by atoms with Crippen molar-refractivity contribution in [2.75, 3.05) is 12.3 Å². The minimum absolute atomic E-state index is 0.0772. The van der Waals surface area contributed by atoms with Gasteiger partial charge < -0.3 is 30.8 Å². The molecule has 4 rings (SSSR count). The number of benzene rings is 1. The molecule has 1 aliphatic heterocycles. The maximum atomic E-state index is 12.8. The van der Waals surface area contributed by atoms with Gasteiger partial charge in [-0.25, -0.2) is 9.50 Å². The molecule has 37 heavy (non-hydrogen) atoms. The van der Waals surface area contributed by atoms with Gasteiger partial charge in [0.25, 0.3) is 0 Å². The number of carbonyl (C=O) groups excluding carboxylic acids is 2. The summed E-state index contributed by atoms with van der Waals surface area (Å²) in [5, 5.41) is 25.7. The number of ether oxygens (including phenoxy) is 3. The number of nitrogens with zero attached hydrogens (tertiary/aromatic N) is 4. The van der Waals surface area contributed by atoms with E-state index in [0.717, 1.165) is 0 Å². The average molecular weight is 509 g/mol. The maximum absolute atomic E-state index is 12.8. The molecule has 1 fully saturated rings. The lowest BCUT2D eigenvalue weighted by Crippen LogP contribution is -2.44. The lowest BCUT2D eigenvalue weighted by molar-refractivity contribution is -0.160. The average Bonchev–Trinajstić information content (AvgIpc) is 3.43. The second kappa shape index (κ2) is 10.5. The van der Waals surface area contributed by atoms with Gasteiger partial charge >= 0.3 is 11.9 Å². The van der Waals surface area contributed by atoms with Crippen LogP contribution in [0.5, 0.6) is 0 Å². The topological polar surface area (TPSA) is 188 Å². The smallest absolute Gasteiger partial charge is 0.323 e. The highest BCUT2D eigenvalue weighted by Crippen LogP contribution is 2.42. The van der Waals surface area contributed by atoms with Gasteiger partial charge in [-0.05, 0) is 23.6 Å². The Morgan fingerprint density at radius 1 is 1.27 bits per heavy atom. The highest BCUT2D eigenvalue weighted by Gasteiger charge is 2.60. The SMILES string of the molecule is CC(C)[C@H](N)C(=O)OC[C@H]1O[C@@](C#N)(c2ccc3c(N)ncnn23)[C@H](O)[C@@H]1OC(=O)Cc1ccccc1. The van der Waals surface area contributed by atoms with Crippen LogP contribution in [0.25, 0.3) is 5.52 Å². The minimum Gasteiger partial charge on any atom is -0.462 e. The monoisotopic (exact) mass is 508 g/mol. The summed E-state index contributed by atoms with van der Waals surface area (Å²) in [6.07, 6.45) is -3.06. The number of rotatable bonds is 8. The van der Waals surface area contributed by atoms with Crippen LogP contribution in [0.3, 0.4) is 0 Å². The summed E-state index contributed by atoms with van der Waals surface area (Å²) in [5.41, 5.74) is 11.0. The van der Waals surface area contributed by atoms with E-state index in [-0.39, 0.29) is 23.9 Å². The number of hydrogen-bond acceptors (Lipinski definition) is 11. The molecule has 0 spiro atoms. The molecule has 3 heterocycles. The van der Waals surface area contributed by atoms with Gasteiger partial charge in [0.05, 0.1) is 12.1 Å². The molecule has 0 bridgehead atoms. The third kappa shape index (κ3) is 4.97. The van der Waals surface area contributed by atoms with Crippen LogP contribution in [-0.2, 0) is 35.8 Å². The largest absolute Gasteiger partial charge is 0.462 e. The second-order valence-corrected chi connectivity index (χ2v) is 9.13. The maximum Gasteiger partial charge on any atom is 0.323 e. The molecule has 0 aliphatic carbocycles. The summed E-state index contributed by atoms with van der Waals surface area (Å²) in [6, 6.07) is 13.1. The normalized spacial score (nSPS) is 24.1. The van der Waals surface area contributed by atoms with Gasteiger partial charge in [-0.1, -0.05) is 44.2 Å². The fraction of sp³-hybridized carbons (Fsp3) is 0.400. The van der Waals surface area contributed by atoms with Crippen LogP contribution in [0.4, 0.5) is 5.82 Å². The number of aromatic nitrogens is 3. The van der Waals surface area contributed by atoms with Crippen molar-refractivity contribution in [3.05, 3.63) is 60.0 Å². The molecule has 0 unspecified atom stereocenters. The highest BCUT2D eigenvalue weighted by molar-refractivity contribution is 5.76. The summed E-state index contributed by atoms with van der Waals surface area (Å²) in [5.74, 6) is -1.38. The Hall–Kier alpha value is -4.05. The summed E-state index contributed by atoms with van der Waals surface area (Å²) in [6.45, 7) is 3.12. The number of fused-ring (bicyclic) bond motifs is 1. The van der Waals surface area contributed by atoms with E-state index in [9.17, 15) is 20.0 Å². The van der Waals surface area contributed by atoms with Gasteiger partial charge in [-0.15, -0.1) is 0 Å². The van der Waals surface area contributed by atoms with Crippen LogP contribution in [0.2, 0.25) is 0 Å². The number of aliphatic hydroxyl groups is 1. The Morgan fingerprint density at radius 2 is 2.00 bits per heavy atom. The molecule has 3 aromatic rings. The van der Waals surface area contributed by atoms with Crippen molar-refractivity contribution in [2.45, 2.75) is 50.2 Å². The van der Waals surface area contributed by atoms with E-state index in [1.807, 2.05) is 12.1 Å². The number of anilines is 1. The van der Waals surface area contributed by atoms with Crippen molar-refractivity contribution in [3.63, 3.8) is 0 Å². The zero-order valence-electron chi connectivity index (χ0n) is 20.4. The van der Waals surface area contributed by atoms with E-state index >= 15 is 0 Å². The molecule has 2 aromatic heterocycles. The van der Waals surface area contributed by atoms with E-state index in [4.69, 9.17) is 25.7 Å². The molecule has 12 nitrogen and oxygen atoms in total. The van der Waals surface area contributed by atoms with E-state index in [2.05, 4.69) is 10.1 Å². The number of carbonyl (C=O) groups is 2. The van der Waals surface area contributed by atoms with Crippen LogP contribution < -0.4 is 11.5 Å². The summed E-state index contributed by atoms with van der Waals surface area (Å²) in [7, 11) is 0. The Bertz CT molecular complexity index is 1320. The van der Waals surface area contributed by atoms with Crippen LogP contribution in [0, 0.1) is 17.2 Å². The lowest BCUT2D eigenvalue weighted by Gasteiger charge is -2.24. The van der Waals surface area contributed by atoms with Crippen molar-refractivity contribution in [2.24, 2.45) is 11.7 Å². The molecule has 1 aliphatic rings. The van der Waals surface area contributed by atoms with Crippen LogP contribution in [0.15, 0.2) is 48.8 Å². The fourth-order valence-corrected chi connectivity index (χ4v) is 4.16. The van der Waals surface area contributed by atoms with E-state index in [1.165, 1.54) is 16.9 Å². The molecule has 0 radical (unpaired) electrons. The zero-order valence-corrected chi connectivity index (χ0v) is 20.4. The molecule has 0 amide bonds. The van der Waals surface area contributed by atoms with Crippen LogP contribution in [0.1, 0.15) is 25.1 Å². The summed E-state index contributed by atoms with van der Waals surface area (Å²) in [4.78, 5) is 29.1. The predicted molar refractivity (Wildman–Crippen MR) is 129 cm³/mol. The van der Waals surface area contributed by atoms with Crippen molar-refractivity contribution >= 4 is 23.3 Å². The zero-order chi connectivity index (χ0) is 26.7. The fourth-order valence-electron chi connectivity index (χ4n) is 4.16. The first kappa shape index (κ1) is 26.0. The van der Waals surface area contributed by atoms with Gasteiger partial charge in [0, 0.05) is 0 Å². The molecule has 12 heteroatoms. The first-order chi connectivity index (χ1) is 17.7. The Kier molecular flexibility index (Phi) is 7.40. The van der Waals surface area contributed by atoms with Gasteiger partial charge in [-0.2, -0.15) is 10.4 Å². The Balaban J connectivity index is 1.65. The Morgan fingerprint density at radius 3 is 2.68 bits per heavy atom. The number of nitrogen functional groups attached to an aromatic ring is 1. The summed E-state index contributed by atoms with van der Waals surface area (Å²) >= 11 is 0. The molecule has 5 N–H and O–H groups in total. The third-order valence-corrected chi connectivity index (χ3v) is 6.30. The number of esters is 2. The molecule has 0 saturated carbocycles. The van der Waals surface area contributed by atoms with Gasteiger partial charge in [-0.3, -0.25) is 9.59 Å². The molecular formula is C25H28N6O6. The molecular weight excluding hydrogens is 480 g/mol. The van der Waals surface area contributed by atoms with Crippen molar-refractivity contribution in [1.82, 2.24) is 14.6 Å². The number of nitriles is 1. The third-order valence-electron chi connectivity index (χ3n) is 6.30. The van der Waals surface area contributed by atoms with Crippen LogP contribution >= 0.6 is 0 Å².